The number of phenols is 1. The van der Waals surface area contributed by atoms with Crippen molar-refractivity contribution >= 4 is 16.9 Å². The topological polar surface area (TPSA) is 122 Å². The molecular formula is C28H27N7O3. The van der Waals surface area contributed by atoms with E-state index in [0.29, 0.717) is 47.4 Å². The summed E-state index contributed by atoms with van der Waals surface area (Å²) in [5, 5.41) is 18.8. The zero-order chi connectivity index (χ0) is 26.2. The van der Waals surface area contributed by atoms with Gasteiger partial charge < -0.3 is 24.3 Å². The van der Waals surface area contributed by atoms with Gasteiger partial charge in [0.15, 0.2) is 0 Å². The van der Waals surface area contributed by atoms with Crippen LogP contribution in [-0.4, -0.2) is 65.8 Å². The summed E-state index contributed by atoms with van der Waals surface area (Å²) in [6.45, 7) is 1.33. The lowest BCUT2D eigenvalue weighted by molar-refractivity contribution is 0.0710. The van der Waals surface area contributed by atoms with Crippen molar-refractivity contribution in [3.05, 3.63) is 72.4 Å². The fourth-order valence-electron chi connectivity index (χ4n) is 5.12. The summed E-state index contributed by atoms with van der Waals surface area (Å²) in [4.78, 5) is 27.4. The van der Waals surface area contributed by atoms with Gasteiger partial charge in [0.25, 0.3) is 5.91 Å². The van der Waals surface area contributed by atoms with E-state index in [1.165, 1.54) is 0 Å². The van der Waals surface area contributed by atoms with Crippen molar-refractivity contribution in [3.63, 3.8) is 0 Å². The number of carbonyl (C=O) groups is 1. The van der Waals surface area contributed by atoms with Gasteiger partial charge in [0.1, 0.15) is 23.7 Å². The number of piperidine rings is 1. The fraction of sp³-hybridized carbons (Fsp3) is 0.250. The van der Waals surface area contributed by atoms with Gasteiger partial charge in [0.05, 0.1) is 23.7 Å². The number of aromatic amines is 1. The molecule has 10 nitrogen and oxygen atoms in total. The number of benzene rings is 2. The van der Waals surface area contributed by atoms with Crippen LogP contribution >= 0.6 is 0 Å². The minimum absolute atomic E-state index is 0.0126. The number of aromatic hydroxyl groups is 1. The monoisotopic (exact) mass is 509 g/mol. The number of pyridine rings is 1. The number of phenolic OH excluding ortho intramolecular Hbond substituents is 1. The fourth-order valence-corrected chi connectivity index (χ4v) is 5.12. The first-order valence-corrected chi connectivity index (χ1v) is 12.5. The van der Waals surface area contributed by atoms with Gasteiger partial charge in [-0.2, -0.15) is 0 Å². The van der Waals surface area contributed by atoms with E-state index in [0.717, 1.165) is 35.3 Å². The maximum absolute atomic E-state index is 13.3. The van der Waals surface area contributed by atoms with E-state index in [1.807, 2.05) is 52.9 Å². The highest BCUT2D eigenvalue weighted by molar-refractivity contribution is 5.98. The lowest BCUT2D eigenvalue weighted by Gasteiger charge is -2.31. The molecule has 0 saturated carbocycles. The van der Waals surface area contributed by atoms with Crippen LogP contribution in [0, 0.1) is 0 Å². The Labute approximate surface area is 219 Å². The summed E-state index contributed by atoms with van der Waals surface area (Å²) in [6, 6.07) is 14.5. The van der Waals surface area contributed by atoms with Crippen LogP contribution < -0.4 is 4.74 Å². The highest BCUT2D eigenvalue weighted by Crippen LogP contribution is 2.36. The highest BCUT2D eigenvalue weighted by Gasteiger charge is 2.27. The van der Waals surface area contributed by atoms with E-state index in [4.69, 9.17) is 9.72 Å². The lowest BCUT2D eigenvalue weighted by atomic mass is 9.95. The molecule has 1 saturated heterocycles. The molecule has 1 amide bonds. The van der Waals surface area contributed by atoms with E-state index in [2.05, 4.69) is 20.2 Å². The Morgan fingerprint density at radius 2 is 1.95 bits per heavy atom. The summed E-state index contributed by atoms with van der Waals surface area (Å²) in [5.74, 6) is 2.36. The normalized spacial score (nSPS) is 14.2. The third-order valence-corrected chi connectivity index (χ3v) is 7.15. The van der Waals surface area contributed by atoms with Crippen LogP contribution in [0.4, 0.5) is 0 Å². The van der Waals surface area contributed by atoms with Crippen molar-refractivity contribution in [2.45, 2.75) is 18.8 Å². The number of amides is 1. The van der Waals surface area contributed by atoms with Crippen LogP contribution in [-0.2, 0) is 7.05 Å². The molecule has 2 N–H and O–H groups in total. The minimum atomic E-state index is -0.0126. The molecule has 6 rings (SSSR count). The first kappa shape index (κ1) is 23.7. The molecule has 38 heavy (non-hydrogen) atoms. The molecule has 1 fully saturated rings. The quantitative estimate of drug-likeness (QED) is 0.365. The van der Waals surface area contributed by atoms with Crippen LogP contribution in [0.5, 0.6) is 11.6 Å². The minimum Gasteiger partial charge on any atom is -0.507 e. The van der Waals surface area contributed by atoms with Gasteiger partial charge in [-0.05, 0) is 60.9 Å². The molecule has 1 aliphatic rings. The molecule has 0 spiro atoms. The van der Waals surface area contributed by atoms with Gasteiger partial charge in [-0.25, -0.2) is 9.97 Å². The molecule has 4 heterocycles. The van der Waals surface area contributed by atoms with Gasteiger partial charge in [-0.15, -0.1) is 10.2 Å². The standard InChI is InChI=1S/C28H27N7O3/c1-34-16-30-33-26(34)17-9-12-35(13-10-17)28(37)19-5-7-22-23(15-19)32-25(31-22)21-14-18(6-8-24(21)36)20-4-3-11-29-27(20)38-2/h3-8,11,14-17,36H,9-10,12-13H2,1-2H3,(H,31,32). The number of aryl methyl sites for hydroxylation is 1. The Morgan fingerprint density at radius 3 is 2.71 bits per heavy atom. The summed E-state index contributed by atoms with van der Waals surface area (Å²) in [5.41, 5.74) is 4.21. The second-order valence-corrected chi connectivity index (χ2v) is 9.48. The maximum atomic E-state index is 13.3. The molecule has 0 bridgehead atoms. The number of fused-ring (bicyclic) bond motifs is 1. The Kier molecular flexibility index (Phi) is 5.99. The van der Waals surface area contributed by atoms with Gasteiger partial charge in [0, 0.05) is 43.4 Å². The van der Waals surface area contributed by atoms with E-state index < -0.39 is 0 Å². The van der Waals surface area contributed by atoms with Crippen LogP contribution in [0.25, 0.3) is 33.5 Å². The van der Waals surface area contributed by atoms with Crippen molar-refractivity contribution in [2.75, 3.05) is 20.2 Å². The molecule has 0 atom stereocenters. The summed E-state index contributed by atoms with van der Waals surface area (Å²) in [6.07, 6.45) is 5.09. The number of nitrogens with zero attached hydrogens (tertiary/aromatic N) is 6. The number of ether oxygens (including phenoxy) is 1. The maximum Gasteiger partial charge on any atom is 0.253 e. The SMILES string of the molecule is COc1ncccc1-c1ccc(O)c(-c2nc3cc(C(=O)N4CCC(c5nncn5C)CC4)ccc3[nH]2)c1. The van der Waals surface area contributed by atoms with Gasteiger partial charge >= 0.3 is 0 Å². The second-order valence-electron chi connectivity index (χ2n) is 9.48. The first-order chi connectivity index (χ1) is 18.5. The summed E-state index contributed by atoms with van der Waals surface area (Å²) >= 11 is 0. The zero-order valence-electron chi connectivity index (χ0n) is 21.1. The molecule has 3 aromatic heterocycles. The molecule has 0 unspecified atom stereocenters. The molecular weight excluding hydrogens is 482 g/mol. The number of imidazole rings is 1. The van der Waals surface area contributed by atoms with Gasteiger partial charge in [-0.3, -0.25) is 4.79 Å². The van der Waals surface area contributed by atoms with E-state index in [9.17, 15) is 9.90 Å². The lowest BCUT2D eigenvalue weighted by Crippen LogP contribution is -2.38. The van der Waals surface area contributed by atoms with E-state index >= 15 is 0 Å². The number of hydrogen-bond acceptors (Lipinski definition) is 7. The molecule has 192 valence electrons. The molecule has 1 aliphatic heterocycles. The van der Waals surface area contributed by atoms with Crippen molar-refractivity contribution in [1.82, 2.24) is 34.6 Å². The van der Waals surface area contributed by atoms with Gasteiger partial charge in [-0.1, -0.05) is 6.07 Å². The summed E-state index contributed by atoms with van der Waals surface area (Å²) < 4.78 is 7.35. The average Bonchev–Trinajstić information content (AvgIpc) is 3.58. The Bertz CT molecular complexity index is 1630. The first-order valence-electron chi connectivity index (χ1n) is 12.5. The molecule has 5 aromatic rings. The van der Waals surface area contributed by atoms with Crippen LogP contribution in [0.3, 0.4) is 0 Å². The van der Waals surface area contributed by atoms with Crippen molar-refractivity contribution in [2.24, 2.45) is 7.05 Å². The Balaban J connectivity index is 1.24. The number of carbonyl (C=O) groups excluding carboxylic acids is 1. The van der Waals surface area contributed by atoms with Crippen LogP contribution in [0.15, 0.2) is 61.1 Å². The average molecular weight is 510 g/mol. The Hall–Kier alpha value is -4.73. The van der Waals surface area contributed by atoms with Crippen LogP contribution in [0.2, 0.25) is 0 Å². The number of rotatable bonds is 5. The molecule has 10 heteroatoms. The number of aromatic nitrogens is 6. The predicted octanol–water partition coefficient (Wildman–Crippen LogP) is 4.15. The number of methoxy groups -OCH3 is 1. The molecule has 0 aliphatic carbocycles. The third-order valence-electron chi connectivity index (χ3n) is 7.15. The zero-order valence-corrected chi connectivity index (χ0v) is 21.1. The third kappa shape index (κ3) is 4.23. The van der Waals surface area contributed by atoms with Crippen molar-refractivity contribution in [3.8, 4) is 34.1 Å². The summed E-state index contributed by atoms with van der Waals surface area (Å²) in [7, 11) is 3.53. The van der Waals surface area contributed by atoms with Crippen molar-refractivity contribution in [1.29, 1.82) is 0 Å². The predicted molar refractivity (Wildman–Crippen MR) is 142 cm³/mol. The number of H-pyrrole nitrogens is 1. The molecule has 2 aromatic carbocycles. The smallest absolute Gasteiger partial charge is 0.253 e. The largest absolute Gasteiger partial charge is 0.507 e. The van der Waals surface area contributed by atoms with Gasteiger partial charge in [0.2, 0.25) is 5.88 Å². The number of nitrogens with one attached hydrogen (secondary N) is 1. The Morgan fingerprint density at radius 1 is 1.11 bits per heavy atom. The molecule has 0 radical (unpaired) electrons. The number of likely N-dealkylation sites (tertiary alicyclic amines) is 1. The highest BCUT2D eigenvalue weighted by atomic mass is 16.5. The van der Waals surface area contributed by atoms with Crippen LogP contribution in [0.1, 0.15) is 34.9 Å². The van der Waals surface area contributed by atoms with E-state index in [1.54, 1.807) is 31.8 Å². The van der Waals surface area contributed by atoms with E-state index in [-0.39, 0.29) is 11.7 Å². The second kappa shape index (κ2) is 9.62. The number of hydrogen-bond donors (Lipinski definition) is 2. The van der Waals surface area contributed by atoms with Crippen molar-refractivity contribution < 1.29 is 14.6 Å².